The Balaban J connectivity index is 1.72. The topological polar surface area (TPSA) is 72.6 Å². The van der Waals surface area contributed by atoms with Gasteiger partial charge in [0.05, 0.1) is 40.1 Å². The number of carbonyl (C=O) groups excluding carboxylic acids is 1. The number of nitrogens with zero attached hydrogens (tertiary/aromatic N) is 5. The van der Waals surface area contributed by atoms with Crippen LogP contribution in [0.1, 0.15) is 30.3 Å². The molecular formula is C21H22F3N5O2S. The first kappa shape index (κ1) is 23.5. The Labute approximate surface area is 187 Å². The molecule has 170 valence electrons. The first-order valence-corrected chi connectivity index (χ1v) is 10.7. The fourth-order valence-electron chi connectivity index (χ4n) is 3.02. The molecule has 0 unspecified atom stereocenters. The van der Waals surface area contributed by atoms with Crippen molar-refractivity contribution in [1.82, 2.24) is 14.8 Å². The van der Waals surface area contributed by atoms with Crippen LogP contribution in [0.4, 0.5) is 18.9 Å². The molecule has 7 nitrogen and oxygen atoms in total. The van der Waals surface area contributed by atoms with Crippen molar-refractivity contribution < 1.29 is 22.8 Å². The van der Waals surface area contributed by atoms with Crippen molar-refractivity contribution in [2.24, 2.45) is 5.16 Å². The van der Waals surface area contributed by atoms with E-state index in [0.29, 0.717) is 28.5 Å². The standard InChI is InChI=1S/C21H22F3N5O2S/c1-3-28(18-13-29(26-15(18)2)16-6-4-10-25-12-16)20(30)9-8-17(19-7-5-11-32-19)27-31-14-21(22,23)24/h4-7,10-13H,3,8-9,14H2,1-2H3/b27-17-. The monoisotopic (exact) mass is 465 g/mol. The van der Waals surface area contributed by atoms with Crippen LogP contribution in [0.5, 0.6) is 0 Å². The maximum atomic E-state index is 13.0. The second kappa shape index (κ2) is 10.4. The van der Waals surface area contributed by atoms with Crippen LogP contribution in [-0.4, -0.2) is 45.7 Å². The van der Waals surface area contributed by atoms with E-state index in [1.54, 1.807) is 51.8 Å². The van der Waals surface area contributed by atoms with Crippen LogP contribution in [0.15, 0.2) is 53.4 Å². The summed E-state index contributed by atoms with van der Waals surface area (Å²) in [6.45, 7) is 2.58. The summed E-state index contributed by atoms with van der Waals surface area (Å²) >= 11 is 1.32. The molecule has 0 aliphatic carbocycles. The van der Waals surface area contributed by atoms with Crippen molar-refractivity contribution in [2.45, 2.75) is 32.9 Å². The molecule has 0 aromatic carbocycles. The maximum absolute atomic E-state index is 13.0. The summed E-state index contributed by atoms with van der Waals surface area (Å²) in [5.74, 6) is -0.193. The van der Waals surface area contributed by atoms with Gasteiger partial charge in [0.25, 0.3) is 0 Å². The lowest BCUT2D eigenvalue weighted by Gasteiger charge is -2.20. The van der Waals surface area contributed by atoms with Gasteiger partial charge in [-0.15, -0.1) is 11.3 Å². The van der Waals surface area contributed by atoms with E-state index in [0.717, 1.165) is 5.69 Å². The molecule has 0 bridgehead atoms. The van der Waals surface area contributed by atoms with E-state index in [-0.39, 0.29) is 18.7 Å². The lowest BCUT2D eigenvalue weighted by molar-refractivity contribution is -0.173. The quantitative estimate of drug-likeness (QED) is 0.338. The summed E-state index contributed by atoms with van der Waals surface area (Å²) in [5.41, 5.74) is 2.39. The number of aryl methyl sites for hydroxylation is 1. The van der Waals surface area contributed by atoms with Crippen molar-refractivity contribution in [3.8, 4) is 5.69 Å². The zero-order chi connectivity index (χ0) is 23.1. The molecule has 0 saturated heterocycles. The van der Waals surface area contributed by atoms with E-state index in [9.17, 15) is 18.0 Å². The summed E-state index contributed by atoms with van der Waals surface area (Å²) in [5, 5.41) is 9.90. The molecule has 0 aliphatic rings. The van der Waals surface area contributed by atoms with Gasteiger partial charge in [-0.05, 0) is 37.4 Å². The number of pyridine rings is 1. The number of thiophene rings is 1. The molecule has 0 fully saturated rings. The molecule has 3 aromatic rings. The van der Waals surface area contributed by atoms with Crippen molar-refractivity contribution >= 4 is 28.6 Å². The van der Waals surface area contributed by atoms with E-state index in [1.165, 1.54) is 11.3 Å². The average molecular weight is 466 g/mol. The van der Waals surface area contributed by atoms with Crippen LogP contribution < -0.4 is 4.90 Å². The first-order chi connectivity index (χ1) is 15.3. The Morgan fingerprint density at radius 2 is 2.09 bits per heavy atom. The van der Waals surface area contributed by atoms with Gasteiger partial charge in [0.15, 0.2) is 0 Å². The number of amides is 1. The lowest BCUT2D eigenvalue weighted by Crippen LogP contribution is -2.31. The van der Waals surface area contributed by atoms with Crippen LogP contribution in [0.25, 0.3) is 5.69 Å². The number of oxime groups is 1. The van der Waals surface area contributed by atoms with Crippen LogP contribution in [0, 0.1) is 6.92 Å². The summed E-state index contributed by atoms with van der Waals surface area (Å²) in [6.07, 6.45) is 0.799. The molecule has 1 amide bonds. The smallest absolute Gasteiger partial charge is 0.386 e. The van der Waals surface area contributed by atoms with Gasteiger partial charge in [0, 0.05) is 25.6 Å². The van der Waals surface area contributed by atoms with Gasteiger partial charge in [-0.1, -0.05) is 11.2 Å². The highest BCUT2D eigenvalue weighted by Crippen LogP contribution is 2.23. The zero-order valence-electron chi connectivity index (χ0n) is 17.5. The average Bonchev–Trinajstić information content (AvgIpc) is 3.41. The van der Waals surface area contributed by atoms with Gasteiger partial charge in [0.2, 0.25) is 12.5 Å². The Kier molecular flexibility index (Phi) is 7.62. The molecule has 3 heterocycles. The van der Waals surface area contributed by atoms with Gasteiger partial charge in [-0.3, -0.25) is 9.78 Å². The molecular weight excluding hydrogens is 443 g/mol. The number of hydrogen-bond acceptors (Lipinski definition) is 6. The maximum Gasteiger partial charge on any atom is 0.425 e. The molecule has 32 heavy (non-hydrogen) atoms. The highest BCUT2D eigenvalue weighted by molar-refractivity contribution is 7.12. The predicted molar refractivity (Wildman–Crippen MR) is 116 cm³/mol. The largest absolute Gasteiger partial charge is 0.425 e. The molecule has 11 heteroatoms. The van der Waals surface area contributed by atoms with Gasteiger partial charge in [0.1, 0.15) is 0 Å². The number of alkyl halides is 3. The van der Waals surface area contributed by atoms with Gasteiger partial charge in [-0.25, -0.2) is 4.68 Å². The van der Waals surface area contributed by atoms with Crippen LogP contribution in [-0.2, 0) is 9.63 Å². The normalized spacial score (nSPS) is 12.1. The van der Waals surface area contributed by atoms with Crippen LogP contribution in [0.2, 0.25) is 0 Å². The Morgan fingerprint density at radius 3 is 2.72 bits per heavy atom. The first-order valence-electron chi connectivity index (χ1n) is 9.85. The van der Waals surface area contributed by atoms with Crippen LogP contribution >= 0.6 is 11.3 Å². The van der Waals surface area contributed by atoms with Crippen molar-refractivity contribution in [3.05, 3.63) is 58.8 Å². The number of aromatic nitrogens is 3. The van der Waals surface area contributed by atoms with E-state index < -0.39 is 12.8 Å². The minimum Gasteiger partial charge on any atom is -0.386 e. The Bertz CT molecular complexity index is 1050. The van der Waals surface area contributed by atoms with Crippen molar-refractivity contribution in [2.75, 3.05) is 18.1 Å². The van der Waals surface area contributed by atoms with E-state index >= 15 is 0 Å². The summed E-state index contributed by atoms with van der Waals surface area (Å²) in [4.78, 5) is 23.8. The fraction of sp³-hybridized carbons (Fsp3) is 0.333. The fourth-order valence-corrected chi connectivity index (χ4v) is 3.76. The highest BCUT2D eigenvalue weighted by Gasteiger charge is 2.29. The minimum atomic E-state index is -4.48. The molecule has 0 spiro atoms. The van der Waals surface area contributed by atoms with Crippen LogP contribution in [0.3, 0.4) is 0 Å². The lowest BCUT2D eigenvalue weighted by atomic mass is 10.1. The second-order valence-corrected chi connectivity index (χ2v) is 7.75. The number of rotatable bonds is 9. The molecule has 0 aliphatic heterocycles. The third-order valence-corrected chi connectivity index (χ3v) is 5.39. The predicted octanol–water partition coefficient (Wildman–Crippen LogP) is 4.75. The van der Waals surface area contributed by atoms with Gasteiger partial charge >= 0.3 is 6.18 Å². The molecule has 3 rings (SSSR count). The molecule has 0 saturated carbocycles. The molecule has 3 aromatic heterocycles. The second-order valence-electron chi connectivity index (χ2n) is 6.80. The number of halogens is 3. The third-order valence-electron chi connectivity index (χ3n) is 4.48. The minimum absolute atomic E-state index is 0.0530. The summed E-state index contributed by atoms with van der Waals surface area (Å²) in [6, 6.07) is 7.13. The van der Waals surface area contributed by atoms with E-state index in [1.807, 2.05) is 19.9 Å². The molecule has 0 atom stereocenters. The number of hydrogen-bond donors (Lipinski definition) is 0. The number of carbonyl (C=O) groups is 1. The molecule has 0 radical (unpaired) electrons. The zero-order valence-corrected chi connectivity index (χ0v) is 18.4. The summed E-state index contributed by atoms with van der Waals surface area (Å²) < 4.78 is 38.9. The summed E-state index contributed by atoms with van der Waals surface area (Å²) in [7, 11) is 0. The van der Waals surface area contributed by atoms with Crippen molar-refractivity contribution in [3.63, 3.8) is 0 Å². The van der Waals surface area contributed by atoms with Gasteiger partial charge in [-0.2, -0.15) is 18.3 Å². The highest BCUT2D eigenvalue weighted by atomic mass is 32.1. The van der Waals surface area contributed by atoms with E-state index in [2.05, 4.69) is 20.1 Å². The van der Waals surface area contributed by atoms with Crippen molar-refractivity contribution in [1.29, 1.82) is 0 Å². The third kappa shape index (κ3) is 6.16. The van der Waals surface area contributed by atoms with E-state index in [4.69, 9.17) is 0 Å². The Morgan fingerprint density at radius 1 is 1.28 bits per heavy atom. The SMILES string of the molecule is CCN(C(=O)CC/C(=N/OCC(F)(F)F)c1cccs1)c1cn(-c2cccnc2)nc1C. The Hall–Kier alpha value is -3.21. The molecule has 0 N–H and O–H groups in total. The van der Waals surface area contributed by atoms with Gasteiger partial charge < -0.3 is 9.74 Å². The number of anilines is 1.